The summed E-state index contributed by atoms with van der Waals surface area (Å²) in [6.45, 7) is 12.1. The van der Waals surface area contributed by atoms with E-state index in [-0.39, 0.29) is 41.7 Å². The van der Waals surface area contributed by atoms with Crippen LogP contribution in [-0.4, -0.2) is 70.8 Å². The monoisotopic (exact) mass is 570 g/mol. The second kappa shape index (κ2) is 11.7. The molecular formula is C29H42N6O6. The molecule has 2 saturated heterocycles. The molecule has 1 aliphatic carbocycles. The highest BCUT2D eigenvalue weighted by molar-refractivity contribution is 5.98. The van der Waals surface area contributed by atoms with Crippen LogP contribution in [-0.2, 0) is 19.2 Å². The Bertz CT molecular complexity index is 1230. The molecule has 0 unspecified atom stereocenters. The lowest BCUT2D eigenvalue weighted by atomic mass is 9.71. The molecule has 12 heteroatoms. The molecular weight excluding hydrogens is 528 g/mol. The molecule has 1 aromatic heterocycles. The summed E-state index contributed by atoms with van der Waals surface area (Å²) in [4.78, 5) is 67.4. The van der Waals surface area contributed by atoms with Gasteiger partial charge in [-0.25, -0.2) is 0 Å². The minimum absolute atomic E-state index is 0.00292. The molecule has 0 bridgehead atoms. The number of aryl methyl sites for hydroxylation is 1. The van der Waals surface area contributed by atoms with Gasteiger partial charge >= 0.3 is 0 Å². The number of hydrogen-bond acceptors (Lipinski definition) is 7. The number of primary amides is 1. The van der Waals surface area contributed by atoms with E-state index in [2.05, 4.69) is 40.2 Å². The highest BCUT2D eigenvalue weighted by Crippen LogP contribution is 2.44. The van der Waals surface area contributed by atoms with E-state index in [0.29, 0.717) is 25.3 Å². The molecule has 41 heavy (non-hydrogen) atoms. The number of hydrogen-bond donors (Lipinski definition) is 4. The first-order chi connectivity index (χ1) is 19.2. The zero-order chi connectivity index (χ0) is 30.2. The molecule has 2 fully saturated rings. The number of rotatable bonds is 8. The van der Waals surface area contributed by atoms with Gasteiger partial charge in [0.2, 0.25) is 23.6 Å². The van der Waals surface area contributed by atoms with Crippen molar-refractivity contribution in [3.63, 3.8) is 0 Å². The summed E-state index contributed by atoms with van der Waals surface area (Å²) >= 11 is 0. The fourth-order valence-corrected chi connectivity index (χ4v) is 6.41. The fraction of sp³-hybridized carbons (Fsp3) is 0.655. The first-order valence-corrected chi connectivity index (χ1v) is 14.3. The van der Waals surface area contributed by atoms with E-state index in [0.717, 1.165) is 0 Å². The predicted octanol–water partition coefficient (Wildman–Crippen LogP) is 0.909. The number of nitrogens with one attached hydrogen (secondary N) is 3. The van der Waals surface area contributed by atoms with Gasteiger partial charge in [-0.2, -0.15) is 0 Å². The lowest BCUT2D eigenvalue weighted by molar-refractivity contribution is -0.143. The van der Waals surface area contributed by atoms with Crippen LogP contribution < -0.4 is 21.7 Å². The zero-order valence-corrected chi connectivity index (χ0v) is 24.6. The maximum atomic E-state index is 14.3. The summed E-state index contributed by atoms with van der Waals surface area (Å²) in [6.07, 6.45) is 4.81. The van der Waals surface area contributed by atoms with Gasteiger partial charge in [0.1, 0.15) is 23.9 Å². The number of carbonyl (C=O) groups is 5. The molecule has 224 valence electrons. The summed E-state index contributed by atoms with van der Waals surface area (Å²) in [6, 6.07) is -1.45. The first kappa shape index (κ1) is 30.3. The van der Waals surface area contributed by atoms with Crippen molar-refractivity contribution in [1.29, 1.82) is 0 Å². The summed E-state index contributed by atoms with van der Waals surface area (Å²) in [5.41, 5.74) is 5.01. The molecule has 0 radical (unpaired) electrons. The molecule has 5 amide bonds. The third-order valence-electron chi connectivity index (χ3n) is 8.75. The number of nitrogens with two attached hydrogens (primary N) is 1. The van der Waals surface area contributed by atoms with Crippen LogP contribution >= 0.6 is 0 Å². The Balaban J connectivity index is 1.63. The quantitative estimate of drug-likeness (QED) is 0.336. The van der Waals surface area contributed by atoms with Gasteiger partial charge in [-0.3, -0.25) is 24.0 Å². The van der Waals surface area contributed by atoms with Crippen molar-refractivity contribution in [2.24, 2.45) is 40.7 Å². The van der Waals surface area contributed by atoms with Gasteiger partial charge < -0.3 is 31.1 Å². The zero-order valence-electron chi connectivity index (χ0n) is 24.6. The fourth-order valence-electron chi connectivity index (χ4n) is 6.41. The molecule has 8 atom stereocenters. The smallest absolute Gasteiger partial charge is 0.274 e. The Kier molecular flexibility index (Phi) is 8.60. The number of allylic oxidation sites excluding steroid dienone is 2. The second-order valence-electron chi connectivity index (χ2n) is 12.9. The number of aromatic nitrogens is 1. The van der Waals surface area contributed by atoms with Crippen LogP contribution in [0.25, 0.3) is 0 Å². The Hall–Kier alpha value is -3.70. The van der Waals surface area contributed by atoms with E-state index in [9.17, 15) is 24.0 Å². The molecule has 3 heterocycles. The Labute approximate surface area is 240 Å². The van der Waals surface area contributed by atoms with E-state index in [4.69, 9.17) is 10.3 Å². The molecule has 4 rings (SSSR count). The molecule has 2 aliphatic heterocycles. The molecule has 3 aliphatic rings. The largest absolute Gasteiger partial charge is 0.368 e. The molecule has 1 aromatic rings. The van der Waals surface area contributed by atoms with Crippen molar-refractivity contribution in [1.82, 2.24) is 26.0 Å². The van der Waals surface area contributed by atoms with Crippen LogP contribution in [0, 0.1) is 41.9 Å². The number of nitrogens with zero attached hydrogens (tertiary/aromatic N) is 2. The maximum absolute atomic E-state index is 14.3. The van der Waals surface area contributed by atoms with Gasteiger partial charge in [-0.05, 0) is 48.9 Å². The average Bonchev–Trinajstić information content (AvgIpc) is 3.62. The van der Waals surface area contributed by atoms with Crippen molar-refractivity contribution in [2.45, 2.75) is 72.5 Å². The van der Waals surface area contributed by atoms with Gasteiger partial charge in [0.25, 0.3) is 5.91 Å². The van der Waals surface area contributed by atoms with E-state index >= 15 is 0 Å². The summed E-state index contributed by atoms with van der Waals surface area (Å²) in [7, 11) is 0. The van der Waals surface area contributed by atoms with Crippen molar-refractivity contribution >= 4 is 29.5 Å². The minimum Gasteiger partial charge on any atom is -0.368 e. The highest BCUT2D eigenvalue weighted by atomic mass is 16.5. The Morgan fingerprint density at radius 2 is 1.85 bits per heavy atom. The van der Waals surface area contributed by atoms with Crippen molar-refractivity contribution in [3.8, 4) is 0 Å². The lowest BCUT2D eigenvalue weighted by Crippen LogP contribution is -2.60. The van der Waals surface area contributed by atoms with E-state index in [1.807, 2.05) is 27.7 Å². The van der Waals surface area contributed by atoms with Crippen LogP contribution in [0.2, 0.25) is 0 Å². The molecule has 0 aromatic carbocycles. The van der Waals surface area contributed by atoms with E-state index < -0.39 is 53.1 Å². The van der Waals surface area contributed by atoms with Crippen LogP contribution in [0.1, 0.15) is 63.7 Å². The van der Waals surface area contributed by atoms with Gasteiger partial charge in [0, 0.05) is 25.1 Å². The lowest BCUT2D eigenvalue weighted by Gasteiger charge is -2.37. The number of fused-ring (bicyclic) bond motifs is 1. The van der Waals surface area contributed by atoms with Gasteiger partial charge in [-0.1, -0.05) is 51.9 Å². The van der Waals surface area contributed by atoms with E-state index in [1.54, 1.807) is 11.8 Å². The maximum Gasteiger partial charge on any atom is 0.274 e. The predicted molar refractivity (Wildman–Crippen MR) is 149 cm³/mol. The molecule has 0 saturated carbocycles. The molecule has 5 N–H and O–H groups in total. The minimum atomic E-state index is -1.06. The van der Waals surface area contributed by atoms with E-state index in [1.165, 1.54) is 6.07 Å². The number of carbonyl (C=O) groups excluding carboxylic acids is 5. The van der Waals surface area contributed by atoms with Gasteiger partial charge in [0.05, 0.1) is 0 Å². The Morgan fingerprint density at radius 1 is 1.17 bits per heavy atom. The summed E-state index contributed by atoms with van der Waals surface area (Å²) < 4.78 is 5.03. The number of likely N-dealkylation sites (tertiary alicyclic amines) is 1. The van der Waals surface area contributed by atoms with Crippen LogP contribution in [0.3, 0.4) is 0 Å². The van der Waals surface area contributed by atoms with Crippen molar-refractivity contribution < 1.29 is 28.5 Å². The third kappa shape index (κ3) is 6.31. The molecule has 12 nitrogen and oxygen atoms in total. The second-order valence-corrected chi connectivity index (χ2v) is 12.9. The number of amides is 5. The highest BCUT2D eigenvalue weighted by Gasteiger charge is 2.54. The van der Waals surface area contributed by atoms with Crippen LogP contribution in [0.5, 0.6) is 0 Å². The van der Waals surface area contributed by atoms with Crippen molar-refractivity contribution in [3.05, 3.63) is 29.7 Å². The van der Waals surface area contributed by atoms with Gasteiger partial charge in [0.15, 0.2) is 5.69 Å². The average molecular weight is 571 g/mol. The SMILES string of the molecule is Cc1cc(C(=O)N[C@H](C(=O)N2C[C@H]3[C@H]([C@H](C)C=C[C@@H]3C)[C@H]2C(=O)N[C@@H](C[C@@H]2CCNC2=O)C(N)=O)C(C)(C)C)no1. The summed E-state index contributed by atoms with van der Waals surface area (Å²) in [5, 5.41) is 12.1. The molecule has 0 spiro atoms. The first-order valence-electron chi connectivity index (χ1n) is 14.3. The van der Waals surface area contributed by atoms with Gasteiger partial charge in [-0.15, -0.1) is 0 Å². The van der Waals surface area contributed by atoms with Crippen molar-refractivity contribution in [2.75, 3.05) is 13.1 Å². The van der Waals surface area contributed by atoms with Crippen LogP contribution in [0.4, 0.5) is 0 Å². The van der Waals surface area contributed by atoms with Crippen LogP contribution in [0.15, 0.2) is 22.7 Å². The third-order valence-corrected chi connectivity index (χ3v) is 8.75. The topological polar surface area (TPSA) is 177 Å². The Morgan fingerprint density at radius 3 is 2.41 bits per heavy atom. The standard InChI is InChI=1S/C29H42N6O6/c1-14-7-8-15(2)21-18(14)13-35(22(21)27(39)32-19(24(30)36)12-17-9-10-31-25(17)37)28(40)23(29(4,5)6)33-26(38)20-11-16(3)41-34-20/h7-8,11,14-15,17-19,21-23H,9-10,12-13H2,1-6H3,(H2,30,36)(H,31,37)(H,32,39)(H,33,38)/t14-,15+,17-,18+,19-,21-,22-,23+/m0/s1. The normalized spacial score (nSPS) is 28.9. The summed E-state index contributed by atoms with van der Waals surface area (Å²) in [5.74, 6) is -2.44.